The summed E-state index contributed by atoms with van der Waals surface area (Å²) in [5.41, 5.74) is 3.42. The fraction of sp³-hybridized carbons (Fsp3) is 0.222. The van der Waals surface area contributed by atoms with E-state index in [0.29, 0.717) is 24.2 Å². The second kappa shape index (κ2) is 6.60. The van der Waals surface area contributed by atoms with E-state index in [-0.39, 0.29) is 11.7 Å². The summed E-state index contributed by atoms with van der Waals surface area (Å²) in [4.78, 5) is 17.3. The minimum Gasteiger partial charge on any atom is -0.382 e. The van der Waals surface area contributed by atoms with E-state index in [1.165, 1.54) is 17.7 Å². The van der Waals surface area contributed by atoms with Crippen molar-refractivity contribution in [1.82, 2.24) is 5.32 Å². The topological polar surface area (TPSA) is 50.7 Å². The molecule has 23 heavy (non-hydrogen) atoms. The number of hydrogen-bond acceptors (Lipinski definition) is 3. The number of nitrogens with one attached hydrogen (secondary N) is 1. The van der Waals surface area contributed by atoms with Crippen molar-refractivity contribution >= 4 is 11.6 Å². The highest BCUT2D eigenvalue weighted by molar-refractivity contribution is 6.04. The molecule has 1 aliphatic rings. The van der Waals surface area contributed by atoms with Gasteiger partial charge in [0, 0.05) is 18.5 Å². The van der Waals surface area contributed by atoms with Gasteiger partial charge in [0.05, 0.1) is 5.71 Å². The van der Waals surface area contributed by atoms with Gasteiger partial charge in [0.15, 0.2) is 0 Å². The Bertz CT molecular complexity index is 741. The van der Waals surface area contributed by atoms with Gasteiger partial charge in [-0.1, -0.05) is 47.1 Å². The second-order valence-corrected chi connectivity index (χ2v) is 5.55. The molecule has 0 aliphatic carbocycles. The van der Waals surface area contributed by atoms with Crippen molar-refractivity contribution in [2.75, 3.05) is 0 Å². The van der Waals surface area contributed by atoms with Crippen LogP contribution >= 0.6 is 0 Å². The van der Waals surface area contributed by atoms with Gasteiger partial charge in [0.2, 0.25) is 6.10 Å². The summed E-state index contributed by atoms with van der Waals surface area (Å²) in [7, 11) is 0. The number of nitrogens with zero attached hydrogens (tertiary/aromatic N) is 1. The summed E-state index contributed by atoms with van der Waals surface area (Å²) in [5.74, 6) is -0.557. The van der Waals surface area contributed by atoms with Crippen LogP contribution in [-0.2, 0) is 16.2 Å². The van der Waals surface area contributed by atoms with Gasteiger partial charge in [-0.15, -0.1) is 0 Å². The van der Waals surface area contributed by atoms with E-state index < -0.39 is 6.10 Å². The predicted octanol–water partition coefficient (Wildman–Crippen LogP) is 2.94. The van der Waals surface area contributed by atoms with E-state index in [1.807, 2.05) is 31.2 Å². The number of aryl methyl sites for hydroxylation is 1. The molecule has 0 bridgehead atoms. The molecule has 2 aromatic rings. The lowest BCUT2D eigenvalue weighted by atomic mass is 10.0. The molecule has 0 spiro atoms. The molecule has 118 valence electrons. The van der Waals surface area contributed by atoms with Crippen molar-refractivity contribution < 1.29 is 14.0 Å². The van der Waals surface area contributed by atoms with E-state index in [4.69, 9.17) is 4.84 Å². The maximum Gasteiger partial charge on any atom is 0.264 e. The molecular formula is C18H17FN2O2. The molecule has 1 heterocycles. The van der Waals surface area contributed by atoms with Crippen molar-refractivity contribution in [1.29, 1.82) is 0 Å². The minimum absolute atomic E-state index is 0.222. The number of oxime groups is 1. The van der Waals surface area contributed by atoms with E-state index >= 15 is 0 Å². The maximum atomic E-state index is 13.2. The largest absolute Gasteiger partial charge is 0.382 e. The zero-order valence-corrected chi connectivity index (χ0v) is 12.8. The SMILES string of the molecule is Cc1ccc(CNC(=O)[C@H]2CC(c3cccc(F)c3)=NO2)cc1. The Morgan fingerprint density at radius 3 is 2.83 bits per heavy atom. The molecule has 4 nitrogen and oxygen atoms in total. The molecule has 0 unspecified atom stereocenters. The Hall–Kier alpha value is -2.69. The molecule has 0 saturated heterocycles. The van der Waals surface area contributed by atoms with Gasteiger partial charge in [0.1, 0.15) is 5.82 Å². The first kappa shape index (κ1) is 15.2. The predicted molar refractivity (Wildman–Crippen MR) is 85.5 cm³/mol. The first-order chi connectivity index (χ1) is 11.1. The third-order valence-electron chi connectivity index (χ3n) is 3.71. The number of carbonyl (C=O) groups excluding carboxylic acids is 1. The number of carbonyl (C=O) groups is 1. The Morgan fingerprint density at radius 2 is 2.09 bits per heavy atom. The van der Waals surface area contributed by atoms with Crippen LogP contribution in [-0.4, -0.2) is 17.7 Å². The summed E-state index contributed by atoms with van der Waals surface area (Å²) >= 11 is 0. The average Bonchev–Trinajstić information content (AvgIpc) is 3.04. The Kier molecular flexibility index (Phi) is 4.37. The average molecular weight is 312 g/mol. The molecule has 3 rings (SSSR count). The van der Waals surface area contributed by atoms with Crippen LogP contribution in [0.15, 0.2) is 53.7 Å². The van der Waals surface area contributed by atoms with Crippen molar-refractivity contribution in [3.05, 3.63) is 71.0 Å². The van der Waals surface area contributed by atoms with Crippen molar-refractivity contribution in [3.8, 4) is 0 Å². The highest BCUT2D eigenvalue weighted by atomic mass is 19.1. The summed E-state index contributed by atoms with van der Waals surface area (Å²) in [5, 5.41) is 6.74. The zero-order chi connectivity index (χ0) is 16.2. The molecule has 0 fully saturated rings. The Morgan fingerprint density at radius 1 is 1.30 bits per heavy atom. The summed E-state index contributed by atoms with van der Waals surface area (Å²) < 4.78 is 13.2. The summed E-state index contributed by atoms with van der Waals surface area (Å²) in [6.07, 6.45) is -0.331. The van der Waals surface area contributed by atoms with Gasteiger partial charge in [-0.2, -0.15) is 0 Å². The van der Waals surface area contributed by atoms with Crippen molar-refractivity contribution in [2.24, 2.45) is 5.16 Å². The third-order valence-corrected chi connectivity index (χ3v) is 3.71. The van der Waals surface area contributed by atoms with Crippen molar-refractivity contribution in [2.45, 2.75) is 26.0 Å². The third kappa shape index (κ3) is 3.74. The first-order valence-electron chi connectivity index (χ1n) is 7.44. The molecule has 0 saturated carbocycles. The fourth-order valence-electron chi connectivity index (χ4n) is 2.37. The highest BCUT2D eigenvalue weighted by Gasteiger charge is 2.28. The first-order valence-corrected chi connectivity index (χ1v) is 7.44. The van der Waals surface area contributed by atoms with E-state index in [1.54, 1.807) is 12.1 Å². The van der Waals surface area contributed by atoms with Gasteiger partial charge in [-0.25, -0.2) is 4.39 Å². The van der Waals surface area contributed by atoms with Crippen LogP contribution in [0, 0.1) is 12.7 Å². The summed E-state index contributed by atoms with van der Waals surface area (Å²) in [6, 6.07) is 14.0. The number of hydrogen-bond donors (Lipinski definition) is 1. The van der Waals surface area contributed by atoms with Crippen LogP contribution in [0.2, 0.25) is 0 Å². The highest BCUT2D eigenvalue weighted by Crippen LogP contribution is 2.17. The normalized spacial score (nSPS) is 16.6. The fourth-order valence-corrected chi connectivity index (χ4v) is 2.37. The van der Waals surface area contributed by atoms with Crippen LogP contribution in [0.5, 0.6) is 0 Å². The molecule has 1 atom stereocenters. The van der Waals surface area contributed by atoms with Crippen molar-refractivity contribution in [3.63, 3.8) is 0 Å². The number of rotatable bonds is 4. The number of amides is 1. The second-order valence-electron chi connectivity index (χ2n) is 5.55. The lowest BCUT2D eigenvalue weighted by Crippen LogP contribution is -2.34. The quantitative estimate of drug-likeness (QED) is 0.943. The van der Waals surface area contributed by atoms with Gasteiger partial charge < -0.3 is 10.2 Å². The molecule has 5 heteroatoms. The van der Waals surface area contributed by atoms with E-state index in [9.17, 15) is 9.18 Å². The molecule has 1 N–H and O–H groups in total. The lowest BCUT2D eigenvalue weighted by Gasteiger charge is -2.09. The number of benzene rings is 2. The Labute approximate surface area is 134 Å². The van der Waals surface area contributed by atoms with Gasteiger partial charge in [0.25, 0.3) is 5.91 Å². The van der Waals surface area contributed by atoms with Crippen LogP contribution in [0.4, 0.5) is 4.39 Å². The molecule has 1 amide bonds. The monoisotopic (exact) mass is 312 g/mol. The molecule has 2 aromatic carbocycles. The lowest BCUT2D eigenvalue weighted by molar-refractivity contribution is -0.131. The van der Waals surface area contributed by atoms with Crippen LogP contribution in [0.25, 0.3) is 0 Å². The molecule has 0 radical (unpaired) electrons. The maximum absolute atomic E-state index is 13.2. The van der Waals surface area contributed by atoms with Gasteiger partial charge in [-0.05, 0) is 24.6 Å². The van der Waals surface area contributed by atoms with Gasteiger partial charge in [-0.3, -0.25) is 4.79 Å². The van der Waals surface area contributed by atoms with Crippen LogP contribution in [0.1, 0.15) is 23.1 Å². The summed E-state index contributed by atoms with van der Waals surface area (Å²) in [6.45, 7) is 2.45. The zero-order valence-electron chi connectivity index (χ0n) is 12.8. The van der Waals surface area contributed by atoms with Crippen LogP contribution < -0.4 is 5.32 Å². The minimum atomic E-state index is -0.668. The van der Waals surface area contributed by atoms with E-state index in [2.05, 4.69) is 10.5 Å². The Balaban J connectivity index is 1.55. The van der Waals surface area contributed by atoms with Gasteiger partial charge >= 0.3 is 0 Å². The molecular weight excluding hydrogens is 295 g/mol. The number of halogens is 1. The molecule has 0 aromatic heterocycles. The smallest absolute Gasteiger partial charge is 0.264 e. The molecule has 1 aliphatic heterocycles. The van der Waals surface area contributed by atoms with E-state index in [0.717, 1.165) is 5.56 Å². The van der Waals surface area contributed by atoms with Crippen LogP contribution in [0.3, 0.4) is 0 Å². The standard InChI is InChI=1S/C18H17FN2O2/c1-12-5-7-13(8-6-12)11-20-18(22)17-10-16(21-23-17)14-3-2-4-15(19)9-14/h2-9,17H,10-11H2,1H3,(H,20,22)/t17-/m1/s1.